The predicted molar refractivity (Wildman–Crippen MR) is 116 cm³/mol. The summed E-state index contributed by atoms with van der Waals surface area (Å²) in [6.07, 6.45) is 5.53. The number of hydrogen-bond acceptors (Lipinski definition) is 5. The fourth-order valence-electron chi connectivity index (χ4n) is 3.62. The number of H-pyrrole nitrogens is 1. The zero-order chi connectivity index (χ0) is 20.3. The number of nitrogens with one attached hydrogen (secondary N) is 1. The number of pyridine rings is 1. The van der Waals surface area contributed by atoms with Crippen molar-refractivity contribution in [3.05, 3.63) is 60.0 Å². The van der Waals surface area contributed by atoms with E-state index in [0.717, 1.165) is 61.2 Å². The highest BCUT2D eigenvalue weighted by molar-refractivity contribution is 6.33. The Balaban J connectivity index is 1.32. The second kappa shape index (κ2) is 8.47. The molecule has 4 heterocycles. The average molecular weight is 424 g/mol. The van der Waals surface area contributed by atoms with Crippen molar-refractivity contribution in [2.24, 2.45) is 0 Å². The fourth-order valence-corrected chi connectivity index (χ4v) is 3.86. The SMILES string of the molecule is Clc1cnc2nc(-c3ccc(OCCN4CCOCC4)cc3)[nH]c2c1-n1cccc1. The maximum Gasteiger partial charge on any atom is 0.180 e. The lowest BCUT2D eigenvalue weighted by Gasteiger charge is -2.26. The largest absolute Gasteiger partial charge is 0.492 e. The summed E-state index contributed by atoms with van der Waals surface area (Å²) in [5.41, 5.74) is 3.24. The molecule has 0 radical (unpaired) electrons. The van der Waals surface area contributed by atoms with Crippen molar-refractivity contribution < 1.29 is 9.47 Å². The Labute approximate surface area is 179 Å². The molecule has 1 N–H and O–H groups in total. The lowest BCUT2D eigenvalue weighted by atomic mass is 10.2. The standard InChI is InChI=1S/C22H22ClN5O2/c23-18-15-24-22-19(20(18)28-7-1-2-8-28)25-21(26-22)16-3-5-17(6-4-16)30-14-11-27-9-12-29-13-10-27/h1-8,15H,9-14H2,(H,24,25,26). The van der Waals surface area contributed by atoms with Gasteiger partial charge in [0.05, 0.1) is 30.1 Å². The van der Waals surface area contributed by atoms with Gasteiger partial charge >= 0.3 is 0 Å². The van der Waals surface area contributed by atoms with E-state index in [1.807, 2.05) is 53.4 Å². The lowest BCUT2D eigenvalue weighted by Crippen LogP contribution is -2.38. The zero-order valence-electron chi connectivity index (χ0n) is 16.4. The van der Waals surface area contributed by atoms with Crippen molar-refractivity contribution in [2.45, 2.75) is 0 Å². The molecule has 154 valence electrons. The van der Waals surface area contributed by atoms with E-state index >= 15 is 0 Å². The summed E-state index contributed by atoms with van der Waals surface area (Å²) in [6.45, 7) is 5.11. The van der Waals surface area contributed by atoms with E-state index in [1.54, 1.807) is 6.20 Å². The van der Waals surface area contributed by atoms with Gasteiger partial charge in [-0.25, -0.2) is 9.97 Å². The molecule has 0 amide bonds. The van der Waals surface area contributed by atoms with E-state index in [9.17, 15) is 0 Å². The molecular weight excluding hydrogens is 402 g/mol. The van der Waals surface area contributed by atoms with Gasteiger partial charge in [-0.15, -0.1) is 0 Å². The van der Waals surface area contributed by atoms with Crippen molar-refractivity contribution in [2.75, 3.05) is 39.5 Å². The van der Waals surface area contributed by atoms with Crippen LogP contribution in [0.1, 0.15) is 0 Å². The van der Waals surface area contributed by atoms with Gasteiger partial charge in [0.25, 0.3) is 0 Å². The van der Waals surface area contributed by atoms with Crippen LogP contribution >= 0.6 is 11.6 Å². The van der Waals surface area contributed by atoms with Crippen LogP contribution in [0.5, 0.6) is 5.75 Å². The number of benzene rings is 1. The van der Waals surface area contributed by atoms with Crippen LogP contribution in [0.2, 0.25) is 5.02 Å². The van der Waals surface area contributed by atoms with Gasteiger partial charge in [-0.2, -0.15) is 0 Å². The minimum atomic E-state index is 0.568. The number of aromatic nitrogens is 4. The average Bonchev–Trinajstić information content (AvgIpc) is 3.45. The minimum Gasteiger partial charge on any atom is -0.492 e. The third-order valence-corrected chi connectivity index (χ3v) is 5.49. The summed E-state index contributed by atoms with van der Waals surface area (Å²) < 4.78 is 13.2. The first-order chi connectivity index (χ1) is 14.8. The third kappa shape index (κ3) is 3.92. The molecule has 0 saturated carbocycles. The van der Waals surface area contributed by atoms with Crippen LogP contribution in [-0.4, -0.2) is 63.9 Å². The Kier molecular flexibility index (Phi) is 5.40. The Bertz CT molecular complexity index is 1120. The highest BCUT2D eigenvalue weighted by Crippen LogP contribution is 2.29. The quantitative estimate of drug-likeness (QED) is 0.511. The van der Waals surface area contributed by atoms with E-state index in [4.69, 9.17) is 21.1 Å². The number of fused-ring (bicyclic) bond motifs is 1. The van der Waals surface area contributed by atoms with Crippen LogP contribution in [0.4, 0.5) is 0 Å². The Morgan fingerprint density at radius 3 is 2.63 bits per heavy atom. The summed E-state index contributed by atoms with van der Waals surface area (Å²) in [4.78, 5) is 14.8. The normalized spacial score (nSPS) is 15.0. The minimum absolute atomic E-state index is 0.568. The molecule has 0 atom stereocenters. The molecule has 30 heavy (non-hydrogen) atoms. The van der Waals surface area contributed by atoms with E-state index in [2.05, 4.69) is 19.9 Å². The molecule has 1 fully saturated rings. The van der Waals surface area contributed by atoms with Crippen molar-refractivity contribution in [1.82, 2.24) is 24.4 Å². The first kappa shape index (κ1) is 19.1. The molecule has 7 nitrogen and oxygen atoms in total. The molecule has 1 aromatic carbocycles. The van der Waals surface area contributed by atoms with Gasteiger partial charge in [-0.1, -0.05) is 11.6 Å². The van der Waals surface area contributed by atoms with Crippen LogP contribution in [0.15, 0.2) is 55.0 Å². The van der Waals surface area contributed by atoms with Gasteiger partial charge in [-0.3, -0.25) is 4.90 Å². The summed E-state index contributed by atoms with van der Waals surface area (Å²) >= 11 is 6.42. The molecule has 1 aliphatic heterocycles. The second-order valence-electron chi connectivity index (χ2n) is 7.16. The van der Waals surface area contributed by atoms with Gasteiger partial charge in [0.15, 0.2) is 5.65 Å². The first-order valence-electron chi connectivity index (χ1n) is 9.99. The van der Waals surface area contributed by atoms with Gasteiger partial charge in [0, 0.05) is 37.6 Å². The van der Waals surface area contributed by atoms with Gasteiger partial charge in [0.2, 0.25) is 0 Å². The molecule has 0 unspecified atom stereocenters. The van der Waals surface area contributed by atoms with E-state index in [-0.39, 0.29) is 0 Å². The topological polar surface area (TPSA) is 68.2 Å². The van der Waals surface area contributed by atoms with E-state index < -0.39 is 0 Å². The molecule has 5 rings (SSSR count). The van der Waals surface area contributed by atoms with Crippen LogP contribution in [0, 0.1) is 0 Å². The van der Waals surface area contributed by atoms with Crippen LogP contribution in [-0.2, 0) is 4.74 Å². The summed E-state index contributed by atoms with van der Waals surface area (Å²) in [6, 6.07) is 11.8. The Morgan fingerprint density at radius 1 is 1.10 bits per heavy atom. The maximum absolute atomic E-state index is 6.42. The van der Waals surface area contributed by atoms with Gasteiger partial charge in [0.1, 0.15) is 23.7 Å². The van der Waals surface area contributed by atoms with E-state index in [0.29, 0.717) is 17.3 Å². The van der Waals surface area contributed by atoms with Gasteiger partial charge in [-0.05, 0) is 36.4 Å². The maximum atomic E-state index is 6.42. The summed E-state index contributed by atoms with van der Waals surface area (Å²) in [5.74, 6) is 1.59. The first-order valence-corrected chi connectivity index (χ1v) is 10.4. The number of imidazole rings is 1. The van der Waals surface area contributed by atoms with Crippen LogP contribution in [0.25, 0.3) is 28.2 Å². The Hall–Kier alpha value is -2.87. The molecule has 1 aliphatic rings. The van der Waals surface area contributed by atoms with Crippen molar-refractivity contribution in [3.63, 3.8) is 0 Å². The lowest BCUT2D eigenvalue weighted by molar-refractivity contribution is 0.0322. The number of aromatic amines is 1. The molecule has 0 spiro atoms. The van der Waals surface area contributed by atoms with Crippen LogP contribution < -0.4 is 4.74 Å². The monoisotopic (exact) mass is 423 g/mol. The highest BCUT2D eigenvalue weighted by atomic mass is 35.5. The molecular formula is C22H22ClN5O2. The molecule has 4 aromatic rings. The molecule has 3 aromatic heterocycles. The smallest absolute Gasteiger partial charge is 0.180 e. The third-order valence-electron chi connectivity index (χ3n) is 5.22. The number of ether oxygens (including phenoxy) is 2. The summed E-state index contributed by atoms with van der Waals surface area (Å²) in [7, 11) is 0. The van der Waals surface area contributed by atoms with Crippen molar-refractivity contribution in [3.8, 4) is 22.8 Å². The molecule has 0 aliphatic carbocycles. The number of halogens is 1. The van der Waals surface area contributed by atoms with Crippen LogP contribution in [0.3, 0.4) is 0 Å². The number of hydrogen-bond donors (Lipinski definition) is 1. The summed E-state index contributed by atoms with van der Waals surface area (Å²) in [5, 5.41) is 0.568. The van der Waals surface area contributed by atoms with Crippen molar-refractivity contribution >= 4 is 22.8 Å². The Morgan fingerprint density at radius 2 is 1.87 bits per heavy atom. The predicted octanol–water partition coefficient (Wildman–Crippen LogP) is 3.78. The highest BCUT2D eigenvalue weighted by Gasteiger charge is 2.15. The molecule has 0 bridgehead atoms. The fraction of sp³-hybridized carbons (Fsp3) is 0.273. The number of rotatable bonds is 6. The number of nitrogens with zero attached hydrogens (tertiary/aromatic N) is 4. The molecule has 8 heteroatoms. The second-order valence-corrected chi connectivity index (χ2v) is 7.56. The van der Waals surface area contributed by atoms with E-state index in [1.165, 1.54) is 0 Å². The number of morpholine rings is 1. The zero-order valence-corrected chi connectivity index (χ0v) is 17.2. The van der Waals surface area contributed by atoms with Gasteiger partial charge < -0.3 is 19.0 Å². The molecule has 1 saturated heterocycles. The van der Waals surface area contributed by atoms with Crippen molar-refractivity contribution in [1.29, 1.82) is 0 Å².